The molecule has 1 aromatic rings. The number of pyridine rings is 1. The Morgan fingerprint density at radius 3 is 2.50 bits per heavy atom. The number of aromatic nitrogens is 1. The van der Waals surface area contributed by atoms with E-state index in [0.29, 0.717) is 13.2 Å². The Hall–Kier alpha value is -1.13. The molecule has 0 radical (unpaired) electrons. The van der Waals surface area contributed by atoms with Crippen LogP contribution >= 0.6 is 0 Å². The van der Waals surface area contributed by atoms with E-state index in [1.54, 1.807) is 6.20 Å². The summed E-state index contributed by atoms with van der Waals surface area (Å²) in [6.07, 6.45) is 4.57. The van der Waals surface area contributed by atoms with E-state index in [2.05, 4.69) is 37.1 Å². The molecule has 0 aliphatic heterocycles. The van der Waals surface area contributed by atoms with Crippen molar-refractivity contribution < 1.29 is 9.47 Å². The Bertz CT molecular complexity index is 398. The first-order chi connectivity index (χ1) is 9.61. The molecule has 0 spiro atoms. The largest absolute Gasteiger partial charge is 0.492 e. The minimum Gasteiger partial charge on any atom is -0.492 e. The molecule has 20 heavy (non-hydrogen) atoms. The van der Waals surface area contributed by atoms with Crippen LogP contribution < -0.4 is 10.1 Å². The van der Waals surface area contributed by atoms with Crippen LogP contribution in [0, 0.1) is 0 Å². The normalized spacial score (nSPS) is 15.7. The van der Waals surface area contributed by atoms with Crippen LogP contribution in [-0.4, -0.2) is 30.3 Å². The summed E-state index contributed by atoms with van der Waals surface area (Å²) in [6.45, 7) is 12.6. The van der Waals surface area contributed by atoms with Crippen molar-refractivity contribution in [3.63, 3.8) is 0 Å². The number of nitrogens with zero attached hydrogens (tertiary/aromatic N) is 1. The quantitative estimate of drug-likeness (QED) is 0.753. The predicted molar refractivity (Wildman–Crippen MR) is 82.1 cm³/mol. The van der Waals surface area contributed by atoms with E-state index in [9.17, 15) is 0 Å². The first-order valence-corrected chi connectivity index (χ1v) is 7.56. The second-order valence-corrected chi connectivity index (χ2v) is 4.98. The van der Waals surface area contributed by atoms with Crippen LogP contribution in [0.2, 0.25) is 0 Å². The SMILES string of the molecule is CCNC(c1cncc(OCC)c1)C(C)(CC)OCC. The van der Waals surface area contributed by atoms with E-state index in [0.717, 1.165) is 24.3 Å². The van der Waals surface area contributed by atoms with Crippen LogP contribution in [-0.2, 0) is 4.74 Å². The maximum Gasteiger partial charge on any atom is 0.137 e. The first-order valence-electron chi connectivity index (χ1n) is 7.56. The summed E-state index contributed by atoms with van der Waals surface area (Å²) in [7, 11) is 0. The lowest BCUT2D eigenvalue weighted by atomic mass is 9.88. The van der Waals surface area contributed by atoms with Crippen LogP contribution in [0.3, 0.4) is 0 Å². The topological polar surface area (TPSA) is 43.4 Å². The monoisotopic (exact) mass is 280 g/mol. The van der Waals surface area contributed by atoms with Gasteiger partial charge >= 0.3 is 0 Å². The van der Waals surface area contributed by atoms with Crippen LogP contribution in [0.25, 0.3) is 0 Å². The first kappa shape index (κ1) is 16.9. The molecule has 0 amide bonds. The molecule has 0 bridgehead atoms. The van der Waals surface area contributed by atoms with Gasteiger partial charge in [-0.15, -0.1) is 0 Å². The fourth-order valence-corrected chi connectivity index (χ4v) is 2.45. The highest BCUT2D eigenvalue weighted by atomic mass is 16.5. The van der Waals surface area contributed by atoms with E-state index >= 15 is 0 Å². The van der Waals surface area contributed by atoms with Gasteiger partial charge in [0.2, 0.25) is 0 Å². The molecular formula is C16H28N2O2. The molecule has 0 aromatic carbocycles. The van der Waals surface area contributed by atoms with Gasteiger partial charge in [0.25, 0.3) is 0 Å². The molecule has 1 rings (SSSR count). The summed E-state index contributed by atoms with van der Waals surface area (Å²) >= 11 is 0. The lowest BCUT2D eigenvalue weighted by molar-refractivity contribution is -0.0561. The maximum atomic E-state index is 6.02. The van der Waals surface area contributed by atoms with E-state index in [1.165, 1.54) is 0 Å². The molecule has 114 valence electrons. The van der Waals surface area contributed by atoms with Crippen molar-refractivity contribution in [2.24, 2.45) is 0 Å². The van der Waals surface area contributed by atoms with Gasteiger partial charge in [-0.3, -0.25) is 4.98 Å². The Morgan fingerprint density at radius 2 is 1.95 bits per heavy atom. The molecule has 1 aromatic heterocycles. The molecule has 0 aliphatic rings. The second-order valence-electron chi connectivity index (χ2n) is 4.98. The Balaban J connectivity index is 3.08. The Labute approximate surface area is 122 Å². The summed E-state index contributed by atoms with van der Waals surface area (Å²) in [5.74, 6) is 0.808. The van der Waals surface area contributed by atoms with Crippen molar-refractivity contribution in [2.45, 2.75) is 52.7 Å². The molecule has 0 saturated heterocycles. The van der Waals surface area contributed by atoms with E-state index in [1.807, 2.05) is 20.0 Å². The lowest BCUT2D eigenvalue weighted by Gasteiger charge is -2.37. The Morgan fingerprint density at radius 1 is 1.20 bits per heavy atom. The zero-order chi connectivity index (χ0) is 15.0. The van der Waals surface area contributed by atoms with Crippen molar-refractivity contribution in [3.8, 4) is 5.75 Å². The smallest absolute Gasteiger partial charge is 0.137 e. The summed E-state index contributed by atoms with van der Waals surface area (Å²) < 4.78 is 11.6. The fraction of sp³-hybridized carbons (Fsp3) is 0.688. The van der Waals surface area contributed by atoms with Gasteiger partial charge in [-0.1, -0.05) is 13.8 Å². The van der Waals surface area contributed by atoms with Gasteiger partial charge in [-0.25, -0.2) is 0 Å². The molecule has 4 heteroatoms. The van der Waals surface area contributed by atoms with Crippen molar-refractivity contribution >= 4 is 0 Å². The maximum absolute atomic E-state index is 6.02. The summed E-state index contributed by atoms with van der Waals surface area (Å²) in [4.78, 5) is 4.29. The molecular weight excluding hydrogens is 252 g/mol. The molecule has 0 aliphatic carbocycles. The minimum absolute atomic E-state index is 0.102. The second kappa shape index (κ2) is 8.22. The average Bonchev–Trinajstić information content (AvgIpc) is 2.45. The molecule has 2 atom stereocenters. The standard InChI is InChI=1S/C16H28N2O2/c1-6-16(5,20-9-4)15(18-7-2)13-10-14(19-8-3)12-17-11-13/h10-12,15,18H,6-9H2,1-5H3. The van der Waals surface area contributed by atoms with Gasteiger partial charge in [0.15, 0.2) is 0 Å². The molecule has 4 nitrogen and oxygen atoms in total. The summed E-state index contributed by atoms with van der Waals surface area (Å²) in [5.41, 5.74) is 0.854. The highest BCUT2D eigenvalue weighted by Gasteiger charge is 2.34. The number of hydrogen-bond acceptors (Lipinski definition) is 4. The number of rotatable bonds is 9. The zero-order valence-electron chi connectivity index (χ0n) is 13.4. The molecule has 1 N–H and O–H groups in total. The molecule has 0 fully saturated rings. The minimum atomic E-state index is -0.253. The van der Waals surface area contributed by atoms with Crippen LogP contribution in [0.1, 0.15) is 52.6 Å². The van der Waals surface area contributed by atoms with E-state index < -0.39 is 0 Å². The predicted octanol–water partition coefficient (Wildman–Crippen LogP) is 3.34. The Kier molecular flexibility index (Phi) is 6.96. The van der Waals surface area contributed by atoms with Crippen molar-refractivity contribution in [1.29, 1.82) is 0 Å². The molecule has 1 heterocycles. The average molecular weight is 280 g/mol. The zero-order valence-corrected chi connectivity index (χ0v) is 13.4. The fourth-order valence-electron chi connectivity index (χ4n) is 2.45. The highest BCUT2D eigenvalue weighted by Crippen LogP contribution is 2.33. The lowest BCUT2D eigenvalue weighted by Crippen LogP contribution is -2.43. The van der Waals surface area contributed by atoms with Gasteiger partial charge < -0.3 is 14.8 Å². The summed E-state index contributed by atoms with van der Waals surface area (Å²) in [6, 6.07) is 2.15. The van der Waals surface area contributed by atoms with Gasteiger partial charge in [0.1, 0.15) is 5.75 Å². The molecule has 0 saturated carbocycles. The van der Waals surface area contributed by atoms with Gasteiger partial charge in [0, 0.05) is 12.8 Å². The highest BCUT2D eigenvalue weighted by molar-refractivity contribution is 5.28. The number of ether oxygens (including phenoxy) is 2. The van der Waals surface area contributed by atoms with E-state index in [4.69, 9.17) is 9.47 Å². The third kappa shape index (κ3) is 4.18. The van der Waals surface area contributed by atoms with Gasteiger partial charge in [-0.05, 0) is 45.4 Å². The van der Waals surface area contributed by atoms with Crippen LogP contribution in [0.15, 0.2) is 18.5 Å². The number of nitrogens with one attached hydrogen (secondary N) is 1. The van der Waals surface area contributed by atoms with Crippen molar-refractivity contribution in [2.75, 3.05) is 19.8 Å². The third-order valence-corrected chi connectivity index (χ3v) is 3.57. The van der Waals surface area contributed by atoms with E-state index in [-0.39, 0.29) is 11.6 Å². The van der Waals surface area contributed by atoms with Crippen LogP contribution in [0.4, 0.5) is 0 Å². The molecule has 2 unspecified atom stereocenters. The van der Waals surface area contributed by atoms with Gasteiger partial charge in [0.05, 0.1) is 24.4 Å². The number of likely N-dealkylation sites (N-methyl/N-ethyl adjacent to an activating group) is 1. The van der Waals surface area contributed by atoms with Crippen molar-refractivity contribution in [1.82, 2.24) is 10.3 Å². The summed E-state index contributed by atoms with van der Waals surface area (Å²) in [5, 5.41) is 3.52. The van der Waals surface area contributed by atoms with Crippen LogP contribution in [0.5, 0.6) is 5.75 Å². The van der Waals surface area contributed by atoms with Crippen molar-refractivity contribution in [3.05, 3.63) is 24.0 Å². The number of hydrogen-bond donors (Lipinski definition) is 1. The van der Waals surface area contributed by atoms with Gasteiger partial charge in [-0.2, -0.15) is 0 Å². The third-order valence-electron chi connectivity index (χ3n) is 3.57.